The van der Waals surface area contributed by atoms with Crippen LogP contribution in [0.2, 0.25) is 12.1 Å². The molecule has 0 saturated heterocycles. The van der Waals surface area contributed by atoms with Gasteiger partial charge in [0.1, 0.15) is 0 Å². The zero-order chi connectivity index (χ0) is 31.9. The molecule has 0 aliphatic heterocycles. The quantitative estimate of drug-likeness (QED) is 0.113. The van der Waals surface area contributed by atoms with E-state index in [4.69, 9.17) is 0 Å². The van der Waals surface area contributed by atoms with Gasteiger partial charge in [-0.05, 0) is 82.9 Å². The third-order valence-corrected chi connectivity index (χ3v) is 13.4. The van der Waals surface area contributed by atoms with Gasteiger partial charge in [-0.1, -0.05) is 135 Å². The summed E-state index contributed by atoms with van der Waals surface area (Å²) in [6, 6.07) is 19.1. The number of benzene rings is 2. The van der Waals surface area contributed by atoms with E-state index in [0.717, 1.165) is 0 Å². The second-order valence-corrected chi connectivity index (χ2v) is 18.5. The van der Waals surface area contributed by atoms with Crippen molar-refractivity contribution in [1.29, 1.82) is 0 Å². The fourth-order valence-corrected chi connectivity index (χ4v) is 11.7. The molecule has 0 amide bonds. The molecule has 4 rings (SSSR count). The maximum Gasteiger partial charge on any atom is 0.0906 e. The smallest absolute Gasteiger partial charge is 0.0906 e. The number of rotatable bonds is 10. The van der Waals surface area contributed by atoms with Crippen LogP contribution in [0.5, 0.6) is 0 Å². The SMILES string of the molecule is CCCCCC[Si](CC1=C(C)C(C)=C(C)C1C)c1c(C(C)(C)C)cc(-c2cccc3[cH-]ccc23)c(C(C)C)c1C(C)(C)C.[Zr]. The van der Waals surface area contributed by atoms with Crippen molar-refractivity contribution in [2.45, 2.75) is 145 Å². The van der Waals surface area contributed by atoms with E-state index in [-0.39, 0.29) is 37.0 Å². The van der Waals surface area contributed by atoms with Crippen LogP contribution in [0.1, 0.15) is 138 Å². The molecule has 0 spiro atoms. The third-order valence-electron chi connectivity index (χ3n) is 10.4. The first-order chi connectivity index (χ1) is 20.1. The molecular weight excluding hydrogens is 624 g/mol. The molecule has 1 atom stereocenters. The second-order valence-electron chi connectivity index (χ2n) is 15.9. The van der Waals surface area contributed by atoms with E-state index in [2.05, 4.69) is 132 Å². The Hall–Kier alpha value is -1.37. The van der Waals surface area contributed by atoms with Gasteiger partial charge in [-0.25, -0.2) is 0 Å². The van der Waals surface area contributed by atoms with Crippen LogP contribution in [0.25, 0.3) is 21.9 Å². The minimum absolute atomic E-state index is 0. The molecule has 0 bridgehead atoms. The van der Waals surface area contributed by atoms with E-state index in [0.29, 0.717) is 11.8 Å². The van der Waals surface area contributed by atoms with E-state index in [1.165, 1.54) is 59.7 Å². The van der Waals surface area contributed by atoms with Gasteiger partial charge in [-0.2, -0.15) is 12.1 Å². The maximum atomic E-state index is 2.67. The monoisotopic (exact) mass is 682 g/mol. The van der Waals surface area contributed by atoms with E-state index in [9.17, 15) is 0 Å². The van der Waals surface area contributed by atoms with Crippen LogP contribution in [0.3, 0.4) is 0 Å². The Bertz CT molecular complexity index is 1510. The zero-order valence-corrected chi connectivity index (χ0v) is 33.9. The standard InChI is InChI=1S/C42H60Si.Zr/c1-14-15-16-17-24-43(26-36-30(6)28(4)29(5)31(36)7)40-37(41(8,9)10)25-35(38(27(2)3)39(40)42(11,12)13)34-23-19-21-32-20-18-22-33(32)34;/h18-23,25,27,30H,14-17,24,26H2,1-13H3;/q-1;. The van der Waals surface area contributed by atoms with Gasteiger partial charge in [-0.15, -0.1) is 29.0 Å². The molecule has 3 aromatic carbocycles. The van der Waals surface area contributed by atoms with Gasteiger partial charge in [0.25, 0.3) is 0 Å². The molecule has 1 unspecified atom stereocenters. The van der Waals surface area contributed by atoms with Crippen molar-refractivity contribution in [3.8, 4) is 11.1 Å². The Morgan fingerprint density at radius 3 is 2.09 bits per heavy atom. The van der Waals surface area contributed by atoms with Gasteiger partial charge in [-0.3, -0.25) is 0 Å². The topological polar surface area (TPSA) is 0 Å². The van der Waals surface area contributed by atoms with Crippen molar-refractivity contribution >= 4 is 24.8 Å². The van der Waals surface area contributed by atoms with Gasteiger partial charge < -0.3 is 0 Å². The van der Waals surface area contributed by atoms with Crippen LogP contribution in [0.4, 0.5) is 0 Å². The first-order valence-corrected chi connectivity index (χ1v) is 19.1. The molecule has 1 radical (unpaired) electrons. The molecule has 44 heavy (non-hydrogen) atoms. The molecule has 237 valence electrons. The Morgan fingerprint density at radius 2 is 1.55 bits per heavy atom. The van der Waals surface area contributed by atoms with Crippen molar-refractivity contribution in [3.05, 3.63) is 81.4 Å². The van der Waals surface area contributed by atoms with Crippen LogP contribution in [-0.2, 0) is 37.0 Å². The number of allylic oxidation sites excluding steroid dienone is 4. The molecule has 0 N–H and O–H groups in total. The molecular formula is C42H60SiZr-. The van der Waals surface area contributed by atoms with Gasteiger partial charge in [0, 0.05) is 26.2 Å². The molecule has 0 saturated carbocycles. The fraction of sp³-hybridized carbons (Fsp3) is 0.548. The predicted octanol–water partition coefficient (Wildman–Crippen LogP) is 12.5. The van der Waals surface area contributed by atoms with Crippen molar-refractivity contribution < 1.29 is 26.2 Å². The summed E-state index contributed by atoms with van der Waals surface area (Å²) in [5.41, 5.74) is 14.3. The summed E-state index contributed by atoms with van der Waals surface area (Å²) in [6.45, 7) is 31.7. The average molecular weight is 684 g/mol. The van der Waals surface area contributed by atoms with Crippen LogP contribution in [0, 0.1) is 5.92 Å². The van der Waals surface area contributed by atoms with Crippen molar-refractivity contribution in [1.82, 2.24) is 0 Å². The van der Waals surface area contributed by atoms with Crippen LogP contribution in [-0.4, -0.2) is 8.80 Å². The molecule has 0 nitrogen and oxygen atoms in total. The van der Waals surface area contributed by atoms with Gasteiger partial charge in [0.15, 0.2) is 0 Å². The summed E-state index contributed by atoms with van der Waals surface area (Å²) in [6.07, 6.45) is 5.36. The Kier molecular flexibility index (Phi) is 12.3. The molecule has 0 heterocycles. The van der Waals surface area contributed by atoms with Crippen LogP contribution < -0.4 is 5.19 Å². The Labute approximate surface area is 292 Å². The van der Waals surface area contributed by atoms with Crippen molar-refractivity contribution in [2.24, 2.45) is 5.92 Å². The molecule has 2 heteroatoms. The first kappa shape index (κ1) is 37.1. The summed E-state index contributed by atoms with van der Waals surface area (Å²) in [5, 5.41) is 4.51. The van der Waals surface area contributed by atoms with E-state index >= 15 is 0 Å². The number of unbranched alkanes of at least 4 members (excludes halogenated alkanes) is 3. The van der Waals surface area contributed by atoms with E-state index in [1.807, 2.05) is 0 Å². The largest absolute Gasteiger partial charge is 0.168 e. The first-order valence-electron chi connectivity index (χ1n) is 17.2. The summed E-state index contributed by atoms with van der Waals surface area (Å²) in [4.78, 5) is 0. The zero-order valence-electron chi connectivity index (χ0n) is 30.4. The molecule has 1 aliphatic carbocycles. The minimum Gasteiger partial charge on any atom is -0.168 e. The van der Waals surface area contributed by atoms with E-state index < -0.39 is 8.80 Å². The number of hydrogen-bond acceptors (Lipinski definition) is 0. The van der Waals surface area contributed by atoms with Crippen LogP contribution >= 0.6 is 0 Å². The molecule has 3 aromatic rings. The second kappa shape index (κ2) is 14.6. The summed E-state index contributed by atoms with van der Waals surface area (Å²) in [7, 11) is -0.890. The maximum absolute atomic E-state index is 2.67. The van der Waals surface area contributed by atoms with Gasteiger partial charge in [0.2, 0.25) is 0 Å². The number of hydrogen-bond donors (Lipinski definition) is 0. The van der Waals surface area contributed by atoms with Gasteiger partial charge >= 0.3 is 0 Å². The minimum atomic E-state index is -0.890. The molecule has 0 fully saturated rings. The summed E-state index contributed by atoms with van der Waals surface area (Å²) >= 11 is 0. The van der Waals surface area contributed by atoms with Gasteiger partial charge in [0.05, 0.1) is 8.80 Å². The summed E-state index contributed by atoms with van der Waals surface area (Å²) < 4.78 is 0. The molecule has 1 aliphatic rings. The molecule has 0 aromatic heterocycles. The average Bonchev–Trinajstić information content (AvgIpc) is 3.48. The number of fused-ring (bicyclic) bond motifs is 1. The third kappa shape index (κ3) is 7.44. The Balaban J connectivity index is 0.00000529. The van der Waals surface area contributed by atoms with Crippen molar-refractivity contribution in [3.63, 3.8) is 0 Å². The fourth-order valence-electron chi connectivity index (χ4n) is 7.69. The van der Waals surface area contributed by atoms with E-state index in [1.54, 1.807) is 44.2 Å². The predicted molar refractivity (Wildman–Crippen MR) is 196 cm³/mol. The normalized spacial score (nSPS) is 16.2. The van der Waals surface area contributed by atoms with Crippen LogP contribution in [0.15, 0.2) is 64.8 Å². The Morgan fingerprint density at radius 1 is 0.864 bits per heavy atom. The van der Waals surface area contributed by atoms with Crippen molar-refractivity contribution in [2.75, 3.05) is 0 Å². The summed E-state index contributed by atoms with van der Waals surface area (Å²) in [5.74, 6) is 1.02.